The van der Waals surface area contributed by atoms with Crippen molar-refractivity contribution in [2.45, 2.75) is 50.4 Å². The predicted octanol–water partition coefficient (Wildman–Crippen LogP) is 3.93. The number of fused-ring (bicyclic) bond motifs is 2. The number of nitrogens with two attached hydrogens (primary N) is 1. The van der Waals surface area contributed by atoms with Gasteiger partial charge in [0.2, 0.25) is 0 Å². The summed E-state index contributed by atoms with van der Waals surface area (Å²) in [5, 5.41) is 7.64. The third kappa shape index (κ3) is 4.08. The maximum Gasteiger partial charge on any atom is 0.419 e. The van der Waals surface area contributed by atoms with Crippen molar-refractivity contribution >= 4 is 11.8 Å². The third-order valence-corrected chi connectivity index (χ3v) is 7.09. The molecule has 1 spiro atoms. The number of carbonyl (C=O) groups excluding carboxylic acids is 1. The van der Waals surface area contributed by atoms with Crippen LogP contribution in [0.1, 0.15) is 43.5 Å². The molecular formula is C24H26F3N7O. The smallest absolute Gasteiger partial charge is 0.383 e. The summed E-state index contributed by atoms with van der Waals surface area (Å²) in [6.07, 6.45) is 1.71. The van der Waals surface area contributed by atoms with Gasteiger partial charge >= 0.3 is 12.2 Å². The highest BCUT2D eigenvalue weighted by Gasteiger charge is 2.47. The molecule has 2 amide bonds. The second kappa shape index (κ2) is 7.96. The summed E-state index contributed by atoms with van der Waals surface area (Å²) >= 11 is 0. The van der Waals surface area contributed by atoms with Gasteiger partial charge in [0.05, 0.1) is 16.8 Å². The van der Waals surface area contributed by atoms with Crippen molar-refractivity contribution in [3.8, 4) is 11.3 Å². The Kier molecular flexibility index (Phi) is 5.26. The maximum atomic E-state index is 13.3. The molecule has 3 N–H and O–H groups in total. The third-order valence-electron chi connectivity index (χ3n) is 7.09. The molecule has 11 heteroatoms. The number of nitrogens with zero attached hydrogens (tertiary/aromatic N) is 5. The van der Waals surface area contributed by atoms with Crippen molar-refractivity contribution in [2.24, 2.45) is 0 Å². The minimum absolute atomic E-state index is 0.161. The Morgan fingerprint density at radius 2 is 1.94 bits per heavy atom. The van der Waals surface area contributed by atoms with Crippen LogP contribution in [0.4, 0.5) is 23.8 Å². The average molecular weight is 486 g/mol. The number of pyridine rings is 2. The van der Waals surface area contributed by atoms with Crippen molar-refractivity contribution in [1.82, 2.24) is 30.0 Å². The molecule has 35 heavy (non-hydrogen) atoms. The lowest BCUT2D eigenvalue weighted by Crippen LogP contribution is -2.48. The Morgan fingerprint density at radius 1 is 1.17 bits per heavy atom. The highest BCUT2D eigenvalue weighted by molar-refractivity contribution is 5.76. The van der Waals surface area contributed by atoms with Gasteiger partial charge in [-0.1, -0.05) is 6.07 Å². The fourth-order valence-corrected chi connectivity index (χ4v) is 5.06. The number of likely N-dealkylation sites (tertiary alicyclic amines) is 1. The lowest BCUT2D eigenvalue weighted by molar-refractivity contribution is -0.137. The standard InChI is InChI=1S/C24H26F3N7O/c1-22(2,16-4-3-7-29-13-16)31-21(35)33-8-5-23(14-33)6-9-34-19(23)11-18(32-34)15-10-17(24(25,26)27)20(28)30-12-15/h3-4,7,10-13H,5-6,8-9,14H2,1-2H3,(H2,28,30)(H,31,35)/t23-/m1/s1. The summed E-state index contributed by atoms with van der Waals surface area (Å²) in [6, 6.07) is 6.40. The predicted molar refractivity (Wildman–Crippen MR) is 123 cm³/mol. The Bertz CT molecular complexity index is 1270. The first kappa shape index (κ1) is 23.1. The number of rotatable bonds is 3. The molecule has 184 valence electrons. The normalized spacial score (nSPS) is 19.9. The van der Waals surface area contributed by atoms with Crippen LogP contribution in [0.2, 0.25) is 0 Å². The molecule has 1 saturated heterocycles. The molecule has 1 atom stereocenters. The molecule has 0 aliphatic carbocycles. The van der Waals surface area contributed by atoms with E-state index in [1.165, 1.54) is 6.20 Å². The molecule has 2 aliphatic heterocycles. The van der Waals surface area contributed by atoms with Gasteiger partial charge < -0.3 is 16.0 Å². The highest BCUT2D eigenvalue weighted by Crippen LogP contribution is 2.44. The first-order valence-electron chi connectivity index (χ1n) is 11.4. The Balaban J connectivity index is 1.36. The second-order valence-electron chi connectivity index (χ2n) is 9.79. The largest absolute Gasteiger partial charge is 0.419 e. The number of urea groups is 1. The van der Waals surface area contributed by atoms with Crippen LogP contribution in [0.5, 0.6) is 0 Å². The molecule has 3 aromatic heterocycles. The minimum Gasteiger partial charge on any atom is -0.383 e. The van der Waals surface area contributed by atoms with Crippen molar-refractivity contribution in [3.05, 3.63) is 59.7 Å². The first-order valence-corrected chi connectivity index (χ1v) is 11.4. The van der Waals surface area contributed by atoms with E-state index in [1.807, 2.05) is 36.7 Å². The van der Waals surface area contributed by atoms with E-state index in [-0.39, 0.29) is 17.0 Å². The second-order valence-corrected chi connectivity index (χ2v) is 9.79. The molecule has 5 rings (SSSR count). The molecule has 0 radical (unpaired) electrons. The van der Waals surface area contributed by atoms with Crippen molar-refractivity contribution < 1.29 is 18.0 Å². The highest BCUT2D eigenvalue weighted by atomic mass is 19.4. The monoisotopic (exact) mass is 485 g/mol. The molecule has 1 fully saturated rings. The van der Waals surface area contributed by atoms with E-state index >= 15 is 0 Å². The van der Waals surface area contributed by atoms with Gasteiger partial charge in [-0.15, -0.1) is 0 Å². The number of nitrogen functional groups attached to an aromatic ring is 1. The zero-order valence-electron chi connectivity index (χ0n) is 19.4. The number of aryl methyl sites for hydroxylation is 1. The molecule has 0 saturated carbocycles. The van der Waals surface area contributed by atoms with Crippen LogP contribution in [0.3, 0.4) is 0 Å². The number of halogens is 3. The minimum atomic E-state index is -4.60. The van der Waals surface area contributed by atoms with Crippen LogP contribution in [-0.4, -0.2) is 43.8 Å². The van der Waals surface area contributed by atoms with Gasteiger partial charge in [0, 0.05) is 54.9 Å². The molecule has 3 aromatic rings. The van der Waals surface area contributed by atoms with Gasteiger partial charge in [-0.25, -0.2) is 9.78 Å². The maximum absolute atomic E-state index is 13.3. The van der Waals surface area contributed by atoms with Gasteiger partial charge in [-0.2, -0.15) is 18.3 Å². The van der Waals surface area contributed by atoms with Crippen molar-refractivity contribution in [1.29, 1.82) is 0 Å². The molecule has 0 aromatic carbocycles. The molecule has 5 heterocycles. The van der Waals surface area contributed by atoms with E-state index in [4.69, 9.17) is 5.73 Å². The number of hydrogen-bond donors (Lipinski definition) is 2. The summed E-state index contributed by atoms with van der Waals surface area (Å²) in [6.45, 7) is 5.60. The lowest BCUT2D eigenvalue weighted by atomic mass is 9.82. The van der Waals surface area contributed by atoms with Gasteiger partial charge in [-0.3, -0.25) is 9.67 Å². The van der Waals surface area contributed by atoms with Crippen LogP contribution in [0, 0.1) is 0 Å². The van der Waals surface area contributed by atoms with Gasteiger partial charge in [0.1, 0.15) is 5.82 Å². The first-order chi connectivity index (χ1) is 16.5. The molecular weight excluding hydrogens is 459 g/mol. The van der Waals surface area contributed by atoms with Gasteiger partial charge in [0.25, 0.3) is 0 Å². The van der Waals surface area contributed by atoms with E-state index in [9.17, 15) is 18.0 Å². The summed E-state index contributed by atoms with van der Waals surface area (Å²) in [7, 11) is 0. The lowest BCUT2D eigenvalue weighted by Gasteiger charge is -2.30. The van der Waals surface area contributed by atoms with Crippen LogP contribution in [0.15, 0.2) is 42.9 Å². The number of nitrogens with one attached hydrogen (secondary N) is 1. The van der Waals surface area contributed by atoms with E-state index in [0.29, 0.717) is 25.3 Å². The summed E-state index contributed by atoms with van der Waals surface area (Å²) < 4.78 is 41.7. The van der Waals surface area contributed by atoms with E-state index < -0.39 is 23.1 Å². The SMILES string of the molecule is CC(C)(NC(=O)N1CC[C@@]2(CCn3nc(-c4cnc(N)c(C(F)(F)F)c4)cc32)C1)c1cccnc1. The van der Waals surface area contributed by atoms with Crippen LogP contribution in [-0.2, 0) is 23.7 Å². The molecule has 0 unspecified atom stereocenters. The topological polar surface area (TPSA) is 102 Å². The fraction of sp³-hybridized carbons (Fsp3) is 0.417. The summed E-state index contributed by atoms with van der Waals surface area (Å²) in [5.41, 5.74) is 6.10. The average Bonchev–Trinajstić information content (AvgIpc) is 3.51. The van der Waals surface area contributed by atoms with Crippen LogP contribution < -0.4 is 11.1 Å². The van der Waals surface area contributed by atoms with E-state index in [0.717, 1.165) is 30.2 Å². The number of amides is 2. The number of hydrogen-bond acceptors (Lipinski definition) is 5. The number of alkyl halides is 3. The van der Waals surface area contributed by atoms with E-state index in [2.05, 4.69) is 20.4 Å². The van der Waals surface area contributed by atoms with Crippen molar-refractivity contribution in [2.75, 3.05) is 18.8 Å². The Labute approximate surface area is 200 Å². The number of anilines is 1. The molecule has 8 nitrogen and oxygen atoms in total. The van der Waals surface area contributed by atoms with Crippen molar-refractivity contribution in [3.63, 3.8) is 0 Å². The zero-order chi connectivity index (χ0) is 25.0. The van der Waals surface area contributed by atoms with Crippen LogP contribution >= 0.6 is 0 Å². The number of carbonyl (C=O) groups is 1. The Hall–Kier alpha value is -3.63. The quantitative estimate of drug-likeness (QED) is 0.585. The van der Waals surface area contributed by atoms with Gasteiger partial charge in [0.15, 0.2) is 0 Å². The fourth-order valence-electron chi connectivity index (χ4n) is 5.06. The number of aromatic nitrogens is 4. The molecule has 0 bridgehead atoms. The zero-order valence-corrected chi connectivity index (χ0v) is 19.4. The molecule has 2 aliphatic rings. The van der Waals surface area contributed by atoms with Crippen LogP contribution in [0.25, 0.3) is 11.3 Å². The summed E-state index contributed by atoms with van der Waals surface area (Å²) in [5.74, 6) is -0.559. The van der Waals surface area contributed by atoms with Gasteiger partial charge in [-0.05, 0) is 50.5 Å². The van der Waals surface area contributed by atoms with E-state index in [1.54, 1.807) is 17.3 Å². The summed E-state index contributed by atoms with van der Waals surface area (Å²) in [4.78, 5) is 22.8. The Morgan fingerprint density at radius 3 is 2.66 bits per heavy atom.